The number of piperazine rings is 1. The van der Waals surface area contributed by atoms with E-state index in [0.29, 0.717) is 0 Å². The summed E-state index contributed by atoms with van der Waals surface area (Å²) < 4.78 is 5.57. The minimum absolute atomic E-state index is 0.790. The molecule has 0 aromatic carbocycles. The van der Waals surface area contributed by atoms with Crippen molar-refractivity contribution in [3.05, 3.63) is 12.0 Å². The first-order valence-corrected chi connectivity index (χ1v) is 7.01. The van der Waals surface area contributed by atoms with Crippen molar-refractivity contribution in [2.45, 2.75) is 32.4 Å². The van der Waals surface area contributed by atoms with Crippen LogP contribution >= 0.6 is 0 Å². The summed E-state index contributed by atoms with van der Waals surface area (Å²) in [5, 5.41) is 3.26. The monoisotopic (exact) mass is 250 g/mol. The van der Waals surface area contributed by atoms with Gasteiger partial charge in [-0.25, -0.2) is 0 Å². The minimum Gasteiger partial charge on any atom is -0.432 e. The topological polar surface area (TPSA) is 44.5 Å². The Kier molecular flexibility index (Phi) is 3.52. The molecule has 3 rings (SSSR count). The molecule has 0 atom stereocenters. The van der Waals surface area contributed by atoms with E-state index in [4.69, 9.17) is 4.42 Å². The fourth-order valence-corrected chi connectivity index (χ4v) is 2.49. The predicted octanol–water partition coefficient (Wildman–Crippen LogP) is 1.07. The molecule has 1 N–H and O–H groups in total. The third-order valence-corrected chi connectivity index (χ3v) is 3.74. The van der Waals surface area contributed by atoms with Gasteiger partial charge >= 0.3 is 0 Å². The quantitative estimate of drug-likeness (QED) is 0.847. The van der Waals surface area contributed by atoms with Crippen molar-refractivity contribution in [3.8, 4) is 0 Å². The largest absolute Gasteiger partial charge is 0.432 e. The van der Waals surface area contributed by atoms with Gasteiger partial charge in [-0.3, -0.25) is 4.90 Å². The third-order valence-electron chi connectivity index (χ3n) is 3.74. The summed E-state index contributed by atoms with van der Waals surface area (Å²) in [6, 6.07) is 1.67. The highest BCUT2D eigenvalue weighted by Gasteiger charge is 2.31. The lowest BCUT2D eigenvalue weighted by atomic mass is 10.3. The molecule has 1 aromatic heterocycles. The van der Waals surface area contributed by atoms with E-state index in [1.807, 2.05) is 0 Å². The van der Waals surface area contributed by atoms with Gasteiger partial charge in [-0.1, -0.05) is 6.92 Å². The summed E-state index contributed by atoms with van der Waals surface area (Å²) in [4.78, 5) is 9.39. The fraction of sp³-hybridized carbons (Fsp3) is 0.769. The molecular weight excluding hydrogens is 228 g/mol. The van der Waals surface area contributed by atoms with E-state index in [2.05, 4.69) is 27.0 Å². The van der Waals surface area contributed by atoms with Crippen LogP contribution in [0.2, 0.25) is 0 Å². The Bertz CT molecular complexity index is 380. The second kappa shape index (κ2) is 5.28. The van der Waals surface area contributed by atoms with Crippen LogP contribution in [0.1, 0.15) is 25.5 Å². The van der Waals surface area contributed by atoms with Crippen molar-refractivity contribution in [1.82, 2.24) is 15.2 Å². The highest BCUT2D eigenvalue weighted by molar-refractivity contribution is 5.28. The second-order valence-corrected chi connectivity index (χ2v) is 5.16. The molecule has 0 spiro atoms. The third kappa shape index (κ3) is 2.67. The lowest BCUT2D eigenvalue weighted by molar-refractivity contribution is 0.243. The Morgan fingerprint density at radius 3 is 2.78 bits per heavy atom. The molecule has 0 amide bonds. The van der Waals surface area contributed by atoms with Gasteiger partial charge in [0.25, 0.3) is 6.01 Å². The molecule has 5 heteroatoms. The smallest absolute Gasteiger partial charge is 0.297 e. The summed E-state index contributed by atoms with van der Waals surface area (Å²) in [6.07, 6.45) is 4.56. The Morgan fingerprint density at radius 2 is 2.11 bits per heavy atom. The lowest BCUT2D eigenvalue weighted by Crippen LogP contribution is -2.47. The number of hydrogen-bond acceptors (Lipinski definition) is 5. The van der Waals surface area contributed by atoms with E-state index in [0.717, 1.165) is 57.0 Å². The van der Waals surface area contributed by atoms with Crippen molar-refractivity contribution in [2.24, 2.45) is 0 Å². The Balaban J connectivity index is 1.53. The van der Waals surface area contributed by atoms with Crippen LogP contribution in [-0.2, 0) is 6.54 Å². The van der Waals surface area contributed by atoms with Crippen molar-refractivity contribution >= 4 is 6.01 Å². The Morgan fingerprint density at radius 1 is 1.33 bits per heavy atom. The number of anilines is 1. The zero-order valence-corrected chi connectivity index (χ0v) is 11.1. The molecule has 1 aromatic rings. The van der Waals surface area contributed by atoms with E-state index in [9.17, 15) is 0 Å². The Hall–Kier alpha value is -1.07. The average Bonchev–Trinajstić information content (AvgIpc) is 3.16. The van der Waals surface area contributed by atoms with Crippen LogP contribution in [0.4, 0.5) is 6.01 Å². The van der Waals surface area contributed by atoms with Crippen LogP contribution in [-0.4, -0.2) is 48.6 Å². The van der Waals surface area contributed by atoms with Crippen LogP contribution in [0.5, 0.6) is 0 Å². The highest BCUT2D eigenvalue weighted by Crippen LogP contribution is 2.28. The molecule has 5 nitrogen and oxygen atoms in total. The van der Waals surface area contributed by atoms with Gasteiger partial charge in [-0.15, -0.1) is 0 Å². The zero-order valence-electron chi connectivity index (χ0n) is 11.1. The first-order valence-electron chi connectivity index (χ1n) is 7.01. The van der Waals surface area contributed by atoms with Crippen molar-refractivity contribution < 1.29 is 4.42 Å². The molecule has 1 saturated heterocycles. The number of nitrogens with one attached hydrogen (secondary N) is 1. The maximum atomic E-state index is 5.57. The number of nitrogens with zero attached hydrogens (tertiary/aromatic N) is 3. The summed E-state index contributed by atoms with van der Waals surface area (Å²) >= 11 is 0. The standard InChI is InChI=1S/C13H22N4O/c1-2-14-9-11-10-18-13(15-11)17-7-5-16(6-8-17)12-3-4-12/h10,12,14H,2-9H2,1H3. The maximum Gasteiger partial charge on any atom is 0.297 e. The van der Waals surface area contributed by atoms with Crippen molar-refractivity contribution in [1.29, 1.82) is 0 Å². The number of oxazole rings is 1. The summed E-state index contributed by atoms with van der Waals surface area (Å²) in [7, 11) is 0. The van der Waals surface area contributed by atoms with Crippen LogP contribution in [0.3, 0.4) is 0 Å². The van der Waals surface area contributed by atoms with Gasteiger partial charge in [0.15, 0.2) is 0 Å². The lowest BCUT2D eigenvalue weighted by Gasteiger charge is -2.33. The molecular formula is C13H22N4O. The van der Waals surface area contributed by atoms with E-state index in [1.165, 1.54) is 12.8 Å². The van der Waals surface area contributed by atoms with E-state index < -0.39 is 0 Å². The summed E-state index contributed by atoms with van der Waals surface area (Å²) in [5.41, 5.74) is 0.997. The van der Waals surface area contributed by atoms with Gasteiger partial charge in [0.1, 0.15) is 6.26 Å². The van der Waals surface area contributed by atoms with Crippen LogP contribution in [0, 0.1) is 0 Å². The van der Waals surface area contributed by atoms with E-state index in [1.54, 1.807) is 6.26 Å². The van der Waals surface area contributed by atoms with Crippen LogP contribution < -0.4 is 10.2 Å². The average molecular weight is 250 g/mol. The molecule has 1 aliphatic heterocycles. The van der Waals surface area contributed by atoms with Gasteiger partial charge in [-0.05, 0) is 19.4 Å². The molecule has 2 heterocycles. The zero-order chi connectivity index (χ0) is 12.4. The van der Waals surface area contributed by atoms with Gasteiger partial charge in [-0.2, -0.15) is 4.98 Å². The molecule has 0 unspecified atom stereocenters. The number of rotatable bonds is 5. The normalized spacial score (nSPS) is 21.5. The summed E-state index contributed by atoms with van der Waals surface area (Å²) in [6.45, 7) is 8.23. The van der Waals surface area contributed by atoms with E-state index in [-0.39, 0.29) is 0 Å². The predicted molar refractivity (Wildman–Crippen MR) is 70.7 cm³/mol. The van der Waals surface area contributed by atoms with Crippen molar-refractivity contribution in [3.63, 3.8) is 0 Å². The van der Waals surface area contributed by atoms with Crippen molar-refractivity contribution in [2.75, 3.05) is 37.6 Å². The fourth-order valence-electron chi connectivity index (χ4n) is 2.49. The van der Waals surface area contributed by atoms with Crippen LogP contribution in [0.25, 0.3) is 0 Å². The first-order chi connectivity index (χ1) is 8.86. The van der Waals surface area contributed by atoms with Gasteiger partial charge < -0.3 is 14.6 Å². The summed E-state index contributed by atoms with van der Waals surface area (Å²) in [5.74, 6) is 0. The SMILES string of the molecule is CCNCc1coc(N2CCN(C3CC3)CC2)n1. The molecule has 0 radical (unpaired) electrons. The Labute approximate surface area is 108 Å². The number of hydrogen-bond donors (Lipinski definition) is 1. The van der Waals surface area contributed by atoms with Gasteiger partial charge in [0.05, 0.1) is 5.69 Å². The number of aromatic nitrogens is 1. The van der Waals surface area contributed by atoms with Crippen LogP contribution in [0.15, 0.2) is 10.7 Å². The molecule has 100 valence electrons. The van der Waals surface area contributed by atoms with E-state index >= 15 is 0 Å². The first kappa shape index (κ1) is 12.0. The maximum absolute atomic E-state index is 5.57. The minimum atomic E-state index is 0.790. The highest BCUT2D eigenvalue weighted by atomic mass is 16.4. The molecule has 2 fully saturated rings. The molecule has 2 aliphatic rings. The molecule has 1 saturated carbocycles. The van der Waals surface area contributed by atoms with Gasteiger partial charge in [0, 0.05) is 38.8 Å². The second-order valence-electron chi connectivity index (χ2n) is 5.16. The van der Waals surface area contributed by atoms with Gasteiger partial charge in [0.2, 0.25) is 0 Å². The molecule has 18 heavy (non-hydrogen) atoms. The molecule has 1 aliphatic carbocycles. The molecule has 0 bridgehead atoms.